The van der Waals surface area contributed by atoms with E-state index in [0.717, 1.165) is 16.0 Å². The van der Waals surface area contributed by atoms with E-state index in [2.05, 4.69) is 11.3 Å². The second-order valence-corrected chi connectivity index (χ2v) is 8.11. The predicted molar refractivity (Wildman–Crippen MR) is 97.2 cm³/mol. The Morgan fingerprint density at radius 2 is 1.43 bits per heavy atom. The summed E-state index contributed by atoms with van der Waals surface area (Å²) in [5, 5.41) is 0. The molecule has 2 aromatic carbocycles. The largest absolute Gasteiger partial charge is 0.254 e. The Bertz CT molecular complexity index is 649. The van der Waals surface area contributed by atoms with Crippen LogP contribution in [-0.2, 0) is 21.8 Å². The number of nitrogens with one attached hydrogen (secondary N) is 1. The van der Waals surface area contributed by atoms with Crippen molar-refractivity contribution in [2.45, 2.75) is 29.7 Å². The summed E-state index contributed by atoms with van der Waals surface area (Å²) in [6.45, 7) is 7.73. The highest BCUT2D eigenvalue weighted by molar-refractivity contribution is 7.85. The first-order chi connectivity index (χ1) is 11.0. The summed E-state index contributed by atoms with van der Waals surface area (Å²) in [7, 11) is -2.52. The molecule has 0 saturated carbocycles. The Morgan fingerprint density at radius 3 is 1.91 bits per heavy atom. The van der Waals surface area contributed by atoms with Gasteiger partial charge in [0.15, 0.2) is 0 Å². The molecule has 3 nitrogen and oxygen atoms in total. The van der Waals surface area contributed by atoms with Gasteiger partial charge in [0.25, 0.3) is 0 Å². The zero-order valence-corrected chi connectivity index (χ0v) is 15.0. The van der Waals surface area contributed by atoms with E-state index in [0.29, 0.717) is 10.6 Å². The van der Waals surface area contributed by atoms with Crippen LogP contribution in [0.15, 0.2) is 71.0 Å². The van der Waals surface area contributed by atoms with E-state index < -0.39 is 21.8 Å². The molecule has 0 aliphatic heterocycles. The minimum absolute atomic E-state index is 0.292. The molecule has 3 atom stereocenters. The first-order valence-corrected chi connectivity index (χ1v) is 9.78. The van der Waals surface area contributed by atoms with Gasteiger partial charge in [-0.05, 0) is 38.1 Å². The van der Waals surface area contributed by atoms with Gasteiger partial charge in [-0.15, -0.1) is 6.58 Å². The molecule has 0 bridgehead atoms. The normalized spacial score (nSPS) is 14.9. The van der Waals surface area contributed by atoms with Gasteiger partial charge in [0.2, 0.25) is 0 Å². The summed E-state index contributed by atoms with van der Waals surface area (Å²) in [6.07, 6.45) is 1.65. The first kappa shape index (κ1) is 17.8. The van der Waals surface area contributed by atoms with Crippen LogP contribution in [0.4, 0.5) is 0 Å². The molecule has 122 valence electrons. The molecule has 0 amide bonds. The topological polar surface area (TPSA) is 46.2 Å². The van der Waals surface area contributed by atoms with Crippen molar-refractivity contribution in [3.63, 3.8) is 0 Å². The average molecular weight is 348 g/mol. The molecular weight excluding hydrogens is 326 g/mol. The van der Waals surface area contributed by atoms with E-state index in [1.165, 1.54) is 0 Å². The molecular formula is C18H21NO2S2. The summed E-state index contributed by atoms with van der Waals surface area (Å²) in [5.74, 6) is 0.337. The highest BCUT2D eigenvalue weighted by atomic mass is 32.2. The van der Waals surface area contributed by atoms with Crippen molar-refractivity contribution in [3.8, 4) is 0 Å². The SMILES string of the molecule is C=C[C@H](C[S@](=O)c1ccc(C)cc1)N[S@@](=O)c1ccc(C)cc1. The van der Waals surface area contributed by atoms with Gasteiger partial charge in [0.05, 0.1) is 15.7 Å². The van der Waals surface area contributed by atoms with E-state index in [1.54, 1.807) is 6.08 Å². The molecule has 5 heteroatoms. The third-order valence-corrected chi connectivity index (χ3v) is 6.07. The van der Waals surface area contributed by atoms with Crippen molar-refractivity contribution in [2.24, 2.45) is 0 Å². The molecule has 0 radical (unpaired) electrons. The van der Waals surface area contributed by atoms with Crippen molar-refractivity contribution in [3.05, 3.63) is 72.3 Å². The molecule has 0 aliphatic rings. The number of benzene rings is 2. The Kier molecular flexibility index (Phi) is 6.45. The fraction of sp³-hybridized carbons (Fsp3) is 0.222. The van der Waals surface area contributed by atoms with Gasteiger partial charge in [-0.2, -0.15) is 0 Å². The van der Waals surface area contributed by atoms with Crippen LogP contribution in [0.25, 0.3) is 0 Å². The minimum Gasteiger partial charge on any atom is -0.254 e. The molecule has 0 unspecified atom stereocenters. The molecule has 0 aromatic heterocycles. The Hall–Kier alpha value is -1.56. The lowest BCUT2D eigenvalue weighted by atomic mass is 10.2. The fourth-order valence-electron chi connectivity index (χ4n) is 1.97. The number of aryl methyl sites for hydroxylation is 2. The first-order valence-electron chi connectivity index (χ1n) is 7.32. The number of hydrogen-bond acceptors (Lipinski definition) is 2. The van der Waals surface area contributed by atoms with Gasteiger partial charge in [-0.25, -0.2) is 8.93 Å². The van der Waals surface area contributed by atoms with Gasteiger partial charge in [-0.3, -0.25) is 4.21 Å². The van der Waals surface area contributed by atoms with Crippen LogP contribution in [0, 0.1) is 13.8 Å². The molecule has 2 aromatic rings. The third-order valence-electron chi connectivity index (χ3n) is 3.39. The quantitative estimate of drug-likeness (QED) is 0.781. The lowest BCUT2D eigenvalue weighted by Crippen LogP contribution is -2.33. The maximum atomic E-state index is 12.4. The second kappa shape index (κ2) is 8.34. The predicted octanol–water partition coefficient (Wildman–Crippen LogP) is 3.28. The van der Waals surface area contributed by atoms with Gasteiger partial charge in [0, 0.05) is 16.7 Å². The monoisotopic (exact) mass is 347 g/mol. The molecule has 0 spiro atoms. The van der Waals surface area contributed by atoms with Crippen molar-refractivity contribution in [2.75, 3.05) is 5.75 Å². The molecule has 23 heavy (non-hydrogen) atoms. The van der Waals surface area contributed by atoms with Crippen LogP contribution in [0.5, 0.6) is 0 Å². The molecule has 1 N–H and O–H groups in total. The zero-order valence-electron chi connectivity index (χ0n) is 13.3. The summed E-state index contributed by atoms with van der Waals surface area (Å²) >= 11 is 0. The Balaban J connectivity index is 2.01. The molecule has 0 heterocycles. The Morgan fingerprint density at radius 1 is 0.957 bits per heavy atom. The third kappa shape index (κ3) is 5.23. The van der Waals surface area contributed by atoms with Gasteiger partial charge in [0.1, 0.15) is 11.0 Å². The smallest absolute Gasteiger partial charge is 0.125 e. The lowest BCUT2D eigenvalue weighted by molar-refractivity contribution is 0.661. The van der Waals surface area contributed by atoms with Crippen LogP contribution in [-0.4, -0.2) is 20.2 Å². The van der Waals surface area contributed by atoms with Crippen molar-refractivity contribution >= 4 is 21.8 Å². The second-order valence-electron chi connectivity index (χ2n) is 5.37. The van der Waals surface area contributed by atoms with Crippen LogP contribution in [0.3, 0.4) is 0 Å². The van der Waals surface area contributed by atoms with E-state index in [-0.39, 0.29) is 6.04 Å². The molecule has 2 rings (SSSR count). The maximum Gasteiger partial charge on any atom is 0.125 e. The zero-order chi connectivity index (χ0) is 16.8. The minimum atomic E-state index is -1.35. The summed E-state index contributed by atoms with van der Waals surface area (Å²) < 4.78 is 27.7. The standard InChI is InChI=1S/C18H21NO2S2/c1-4-16(13-22(20)17-9-5-14(2)6-10-17)19-23(21)18-11-7-15(3)8-12-18/h4-12,16,19H,1,13H2,2-3H3/t16-,22+,23+/m1/s1. The van der Waals surface area contributed by atoms with Crippen LogP contribution >= 0.6 is 0 Å². The molecule has 0 aliphatic carbocycles. The van der Waals surface area contributed by atoms with Gasteiger partial charge >= 0.3 is 0 Å². The van der Waals surface area contributed by atoms with Crippen molar-refractivity contribution in [1.29, 1.82) is 0 Å². The van der Waals surface area contributed by atoms with Crippen LogP contribution in [0.1, 0.15) is 11.1 Å². The van der Waals surface area contributed by atoms with Crippen molar-refractivity contribution < 1.29 is 8.42 Å². The lowest BCUT2D eigenvalue weighted by Gasteiger charge is -2.14. The number of rotatable bonds is 7. The van der Waals surface area contributed by atoms with E-state index in [1.807, 2.05) is 62.4 Å². The molecule has 0 fully saturated rings. The van der Waals surface area contributed by atoms with Gasteiger partial charge in [-0.1, -0.05) is 41.5 Å². The summed E-state index contributed by atoms with van der Waals surface area (Å²) in [5.41, 5.74) is 2.25. The van der Waals surface area contributed by atoms with Crippen LogP contribution < -0.4 is 4.72 Å². The fourth-order valence-corrected chi connectivity index (χ4v) is 4.22. The number of hydrogen-bond donors (Lipinski definition) is 1. The van der Waals surface area contributed by atoms with Crippen molar-refractivity contribution in [1.82, 2.24) is 4.72 Å². The van der Waals surface area contributed by atoms with E-state index >= 15 is 0 Å². The average Bonchev–Trinajstić information content (AvgIpc) is 2.55. The summed E-state index contributed by atoms with van der Waals surface area (Å²) in [4.78, 5) is 1.47. The van der Waals surface area contributed by atoms with Gasteiger partial charge < -0.3 is 0 Å². The highest BCUT2D eigenvalue weighted by Crippen LogP contribution is 2.11. The molecule has 0 saturated heterocycles. The van der Waals surface area contributed by atoms with Crippen LogP contribution in [0.2, 0.25) is 0 Å². The van der Waals surface area contributed by atoms with E-state index in [9.17, 15) is 8.42 Å². The highest BCUT2D eigenvalue weighted by Gasteiger charge is 2.14. The maximum absolute atomic E-state index is 12.4. The van der Waals surface area contributed by atoms with E-state index in [4.69, 9.17) is 0 Å². The summed E-state index contributed by atoms with van der Waals surface area (Å²) in [6, 6.07) is 14.8. The Labute approximate surface area is 142 Å².